The maximum absolute atomic E-state index is 11.9. The Kier molecular flexibility index (Phi) is 5.51. The van der Waals surface area contributed by atoms with E-state index in [2.05, 4.69) is 36.5 Å². The lowest BCUT2D eigenvalue weighted by molar-refractivity contribution is -0.120. The lowest BCUT2D eigenvalue weighted by Crippen LogP contribution is -2.37. The second-order valence-electron chi connectivity index (χ2n) is 4.34. The standard InChI is InChI=1S/C14H15BrN4O2/c15-12-4-2-1-3-11(12)14(21)18-8-13(20)17-6-5-10-7-16-9-19-10/h1-4,7,9H,5-6,8H2,(H,16,19)(H,17,20)(H,18,21). The summed E-state index contributed by atoms with van der Waals surface area (Å²) < 4.78 is 0.696. The number of carbonyl (C=O) groups is 2. The SMILES string of the molecule is O=C(CNC(=O)c1ccccc1Br)NCCc1cnc[nH]1. The first kappa shape index (κ1) is 15.2. The first-order chi connectivity index (χ1) is 10.2. The van der Waals surface area contributed by atoms with E-state index in [-0.39, 0.29) is 18.4 Å². The molecule has 3 N–H and O–H groups in total. The van der Waals surface area contributed by atoms with Crippen molar-refractivity contribution in [3.63, 3.8) is 0 Å². The van der Waals surface area contributed by atoms with Crippen LogP contribution in [0.15, 0.2) is 41.3 Å². The number of carbonyl (C=O) groups excluding carboxylic acids is 2. The highest BCUT2D eigenvalue weighted by atomic mass is 79.9. The maximum Gasteiger partial charge on any atom is 0.252 e. The summed E-state index contributed by atoms with van der Waals surface area (Å²) in [5, 5.41) is 5.31. The largest absolute Gasteiger partial charge is 0.354 e. The van der Waals surface area contributed by atoms with Crippen LogP contribution < -0.4 is 10.6 Å². The second-order valence-corrected chi connectivity index (χ2v) is 5.19. The van der Waals surface area contributed by atoms with Crippen LogP contribution in [0.25, 0.3) is 0 Å². The van der Waals surface area contributed by atoms with E-state index >= 15 is 0 Å². The van der Waals surface area contributed by atoms with Crippen LogP contribution in [0.5, 0.6) is 0 Å². The average molecular weight is 351 g/mol. The zero-order valence-corrected chi connectivity index (χ0v) is 12.8. The number of amides is 2. The van der Waals surface area contributed by atoms with Gasteiger partial charge < -0.3 is 15.6 Å². The van der Waals surface area contributed by atoms with Gasteiger partial charge in [-0.1, -0.05) is 12.1 Å². The monoisotopic (exact) mass is 350 g/mol. The number of imidazole rings is 1. The summed E-state index contributed by atoms with van der Waals surface area (Å²) in [6, 6.07) is 7.06. The van der Waals surface area contributed by atoms with Crippen molar-refractivity contribution in [1.82, 2.24) is 20.6 Å². The van der Waals surface area contributed by atoms with Crippen LogP contribution in [0.2, 0.25) is 0 Å². The Morgan fingerprint density at radius 2 is 2.05 bits per heavy atom. The highest BCUT2D eigenvalue weighted by molar-refractivity contribution is 9.10. The molecule has 0 aliphatic heterocycles. The Hall–Kier alpha value is -2.15. The molecule has 0 spiro atoms. The van der Waals surface area contributed by atoms with E-state index in [9.17, 15) is 9.59 Å². The molecule has 7 heteroatoms. The molecule has 6 nitrogen and oxygen atoms in total. The fraction of sp³-hybridized carbons (Fsp3) is 0.214. The van der Waals surface area contributed by atoms with Crippen LogP contribution in [0, 0.1) is 0 Å². The first-order valence-corrected chi connectivity index (χ1v) is 7.23. The van der Waals surface area contributed by atoms with Crippen molar-refractivity contribution in [3.8, 4) is 0 Å². The molecular weight excluding hydrogens is 336 g/mol. The van der Waals surface area contributed by atoms with Gasteiger partial charge in [0.15, 0.2) is 0 Å². The first-order valence-electron chi connectivity index (χ1n) is 6.43. The molecule has 0 aliphatic rings. The number of hydrogen-bond acceptors (Lipinski definition) is 3. The molecular formula is C14H15BrN4O2. The smallest absolute Gasteiger partial charge is 0.252 e. The van der Waals surface area contributed by atoms with Gasteiger partial charge in [0.05, 0.1) is 18.4 Å². The quantitative estimate of drug-likeness (QED) is 0.732. The van der Waals surface area contributed by atoms with E-state index in [0.29, 0.717) is 23.0 Å². The Morgan fingerprint density at radius 1 is 1.24 bits per heavy atom. The van der Waals surface area contributed by atoms with Gasteiger partial charge in [-0.05, 0) is 28.1 Å². The van der Waals surface area contributed by atoms with Crippen LogP contribution in [-0.2, 0) is 11.2 Å². The molecule has 0 saturated carbocycles. The Bertz CT molecular complexity index is 613. The van der Waals surface area contributed by atoms with Gasteiger partial charge in [0.1, 0.15) is 0 Å². The number of nitrogens with zero attached hydrogens (tertiary/aromatic N) is 1. The third-order valence-corrected chi connectivity index (χ3v) is 3.49. The third kappa shape index (κ3) is 4.71. The molecule has 21 heavy (non-hydrogen) atoms. The zero-order valence-electron chi connectivity index (χ0n) is 11.2. The number of hydrogen-bond donors (Lipinski definition) is 3. The summed E-state index contributed by atoms with van der Waals surface area (Å²) in [5.74, 6) is -0.513. The summed E-state index contributed by atoms with van der Waals surface area (Å²) in [6.07, 6.45) is 3.97. The van der Waals surface area contributed by atoms with Gasteiger partial charge in [0.25, 0.3) is 5.91 Å². The minimum absolute atomic E-state index is 0.0524. The lowest BCUT2D eigenvalue weighted by Gasteiger charge is -2.07. The fourth-order valence-electron chi connectivity index (χ4n) is 1.72. The highest BCUT2D eigenvalue weighted by Gasteiger charge is 2.10. The van der Waals surface area contributed by atoms with Crippen LogP contribution in [-0.4, -0.2) is 34.9 Å². The highest BCUT2D eigenvalue weighted by Crippen LogP contribution is 2.15. The molecule has 0 unspecified atom stereocenters. The van der Waals surface area contributed by atoms with Crippen molar-refractivity contribution in [2.75, 3.05) is 13.1 Å². The number of rotatable bonds is 6. The molecule has 2 rings (SSSR count). The molecule has 1 heterocycles. The minimum atomic E-state index is -0.286. The summed E-state index contributed by atoms with van der Waals surface area (Å²) in [4.78, 5) is 30.4. The Balaban J connectivity index is 1.71. The lowest BCUT2D eigenvalue weighted by atomic mass is 10.2. The Morgan fingerprint density at radius 3 is 2.76 bits per heavy atom. The van der Waals surface area contributed by atoms with Crippen molar-refractivity contribution >= 4 is 27.7 Å². The van der Waals surface area contributed by atoms with Gasteiger partial charge in [0, 0.05) is 29.3 Å². The summed E-state index contributed by atoms with van der Waals surface area (Å²) in [5.41, 5.74) is 1.45. The predicted octanol–water partition coefficient (Wildman–Crippen LogP) is 1.26. The number of aromatic amines is 1. The van der Waals surface area contributed by atoms with Gasteiger partial charge in [-0.25, -0.2) is 4.98 Å². The average Bonchev–Trinajstić information content (AvgIpc) is 2.98. The van der Waals surface area contributed by atoms with Crippen LogP contribution in [0.1, 0.15) is 16.1 Å². The van der Waals surface area contributed by atoms with Crippen molar-refractivity contribution in [3.05, 3.63) is 52.5 Å². The topological polar surface area (TPSA) is 86.9 Å². The van der Waals surface area contributed by atoms with Gasteiger partial charge in [-0.2, -0.15) is 0 Å². The maximum atomic E-state index is 11.9. The van der Waals surface area contributed by atoms with Gasteiger partial charge in [-0.3, -0.25) is 9.59 Å². The molecule has 110 valence electrons. The van der Waals surface area contributed by atoms with Crippen molar-refractivity contribution in [1.29, 1.82) is 0 Å². The molecule has 2 aromatic rings. The Labute approximate surface area is 130 Å². The molecule has 0 bridgehead atoms. The van der Waals surface area contributed by atoms with Crippen molar-refractivity contribution in [2.45, 2.75) is 6.42 Å². The summed E-state index contributed by atoms with van der Waals surface area (Å²) in [7, 11) is 0. The van der Waals surface area contributed by atoms with Gasteiger partial charge in [-0.15, -0.1) is 0 Å². The number of benzene rings is 1. The molecule has 0 atom stereocenters. The van der Waals surface area contributed by atoms with E-state index in [1.807, 2.05) is 6.07 Å². The number of H-pyrrole nitrogens is 1. The van der Waals surface area contributed by atoms with E-state index in [1.165, 1.54) is 0 Å². The summed E-state index contributed by atoms with van der Waals surface area (Å²) >= 11 is 3.30. The van der Waals surface area contributed by atoms with E-state index < -0.39 is 0 Å². The van der Waals surface area contributed by atoms with Gasteiger partial charge in [0.2, 0.25) is 5.91 Å². The van der Waals surface area contributed by atoms with Crippen LogP contribution in [0.3, 0.4) is 0 Å². The van der Waals surface area contributed by atoms with Crippen LogP contribution >= 0.6 is 15.9 Å². The zero-order chi connectivity index (χ0) is 15.1. The number of halogens is 1. The number of nitrogens with one attached hydrogen (secondary N) is 3. The molecule has 0 aliphatic carbocycles. The van der Waals surface area contributed by atoms with E-state index in [1.54, 1.807) is 30.7 Å². The molecule has 2 amide bonds. The minimum Gasteiger partial charge on any atom is -0.354 e. The third-order valence-electron chi connectivity index (χ3n) is 2.80. The molecule has 0 saturated heterocycles. The van der Waals surface area contributed by atoms with E-state index in [0.717, 1.165) is 5.69 Å². The van der Waals surface area contributed by atoms with E-state index in [4.69, 9.17) is 0 Å². The summed E-state index contributed by atoms with van der Waals surface area (Å²) in [6.45, 7) is 0.440. The second kappa shape index (κ2) is 7.58. The molecule has 0 fully saturated rings. The predicted molar refractivity (Wildman–Crippen MR) is 81.8 cm³/mol. The molecule has 1 aromatic heterocycles. The van der Waals surface area contributed by atoms with Gasteiger partial charge >= 0.3 is 0 Å². The number of aromatic nitrogens is 2. The van der Waals surface area contributed by atoms with Crippen LogP contribution in [0.4, 0.5) is 0 Å². The van der Waals surface area contributed by atoms with Crippen molar-refractivity contribution in [2.24, 2.45) is 0 Å². The van der Waals surface area contributed by atoms with Crippen molar-refractivity contribution < 1.29 is 9.59 Å². The molecule has 0 radical (unpaired) electrons. The fourth-order valence-corrected chi connectivity index (χ4v) is 2.19. The normalized spacial score (nSPS) is 10.1. The molecule has 1 aromatic carbocycles.